The molecule has 0 heterocycles. The standard InChI is InChI=1S/C12H26N2/c1-13(2)12(14(3)4)10-8-6-5-7-9-11-12/h5-11H2,1-4H3. The van der Waals surface area contributed by atoms with Crippen LogP contribution in [-0.4, -0.2) is 43.7 Å². The molecular weight excluding hydrogens is 172 g/mol. The smallest absolute Gasteiger partial charge is 0.0727 e. The highest BCUT2D eigenvalue weighted by molar-refractivity contribution is 4.86. The molecule has 0 saturated heterocycles. The van der Waals surface area contributed by atoms with Crippen molar-refractivity contribution in [2.24, 2.45) is 0 Å². The topological polar surface area (TPSA) is 6.48 Å². The first-order valence-electron chi connectivity index (χ1n) is 5.94. The summed E-state index contributed by atoms with van der Waals surface area (Å²) in [6.07, 6.45) is 9.70. The van der Waals surface area contributed by atoms with Gasteiger partial charge in [-0.1, -0.05) is 32.1 Å². The van der Waals surface area contributed by atoms with E-state index in [0.29, 0.717) is 5.66 Å². The van der Waals surface area contributed by atoms with Crippen LogP contribution in [0.15, 0.2) is 0 Å². The Morgan fingerprint density at radius 1 is 0.643 bits per heavy atom. The summed E-state index contributed by atoms with van der Waals surface area (Å²) in [6.45, 7) is 0. The SMILES string of the molecule is CN(C)C1(N(C)C)CCCCCCC1. The molecule has 84 valence electrons. The number of rotatable bonds is 2. The summed E-state index contributed by atoms with van der Waals surface area (Å²) in [5.41, 5.74) is 0.320. The molecule has 0 radical (unpaired) electrons. The van der Waals surface area contributed by atoms with Crippen LogP contribution in [0.1, 0.15) is 44.9 Å². The van der Waals surface area contributed by atoms with Crippen LogP contribution in [-0.2, 0) is 0 Å². The predicted octanol–water partition coefficient (Wildman–Crippen LogP) is 2.55. The van der Waals surface area contributed by atoms with Crippen molar-refractivity contribution >= 4 is 0 Å². The summed E-state index contributed by atoms with van der Waals surface area (Å²) in [7, 11) is 8.90. The Morgan fingerprint density at radius 3 is 1.36 bits per heavy atom. The summed E-state index contributed by atoms with van der Waals surface area (Å²) in [4.78, 5) is 4.83. The first kappa shape index (κ1) is 12.0. The van der Waals surface area contributed by atoms with Gasteiger partial charge in [0.15, 0.2) is 0 Å². The largest absolute Gasteiger partial charge is 0.291 e. The van der Waals surface area contributed by atoms with Crippen molar-refractivity contribution in [3.05, 3.63) is 0 Å². The van der Waals surface area contributed by atoms with Gasteiger partial charge in [0, 0.05) is 0 Å². The Kier molecular flexibility index (Phi) is 4.39. The zero-order valence-electron chi connectivity index (χ0n) is 10.3. The summed E-state index contributed by atoms with van der Waals surface area (Å²) < 4.78 is 0. The highest BCUT2D eigenvalue weighted by Crippen LogP contribution is 2.31. The van der Waals surface area contributed by atoms with Crippen LogP contribution in [0.2, 0.25) is 0 Å². The zero-order chi connectivity index (χ0) is 10.6. The molecule has 1 saturated carbocycles. The van der Waals surface area contributed by atoms with Crippen molar-refractivity contribution < 1.29 is 0 Å². The van der Waals surface area contributed by atoms with Gasteiger partial charge in [-0.05, 0) is 41.0 Å². The highest BCUT2D eigenvalue weighted by Gasteiger charge is 2.34. The molecule has 0 aromatic carbocycles. The summed E-state index contributed by atoms with van der Waals surface area (Å²) in [6, 6.07) is 0. The van der Waals surface area contributed by atoms with Crippen LogP contribution in [0.3, 0.4) is 0 Å². The maximum atomic E-state index is 2.42. The summed E-state index contributed by atoms with van der Waals surface area (Å²) >= 11 is 0. The van der Waals surface area contributed by atoms with Gasteiger partial charge in [-0.2, -0.15) is 0 Å². The summed E-state index contributed by atoms with van der Waals surface area (Å²) in [5.74, 6) is 0. The van der Waals surface area contributed by atoms with Crippen LogP contribution in [0, 0.1) is 0 Å². The van der Waals surface area contributed by atoms with Gasteiger partial charge < -0.3 is 0 Å². The predicted molar refractivity (Wildman–Crippen MR) is 62.4 cm³/mol. The molecule has 1 aliphatic rings. The molecular formula is C12H26N2. The fourth-order valence-corrected chi connectivity index (χ4v) is 2.77. The maximum absolute atomic E-state index is 2.42. The maximum Gasteiger partial charge on any atom is 0.0727 e. The second kappa shape index (κ2) is 5.13. The van der Waals surface area contributed by atoms with E-state index in [0.717, 1.165) is 0 Å². The van der Waals surface area contributed by atoms with E-state index in [1.54, 1.807) is 0 Å². The third kappa shape index (κ3) is 2.48. The Hall–Kier alpha value is -0.0800. The van der Waals surface area contributed by atoms with Crippen molar-refractivity contribution in [1.29, 1.82) is 0 Å². The van der Waals surface area contributed by atoms with Gasteiger partial charge >= 0.3 is 0 Å². The molecule has 0 aromatic rings. The second-order valence-corrected chi connectivity index (χ2v) is 5.04. The van der Waals surface area contributed by atoms with Crippen molar-refractivity contribution in [3.8, 4) is 0 Å². The fraction of sp³-hybridized carbons (Fsp3) is 1.00. The van der Waals surface area contributed by atoms with Gasteiger partial charge in [-0.3, -0.25) is 9.80 Å². The van der Waals surface area contributed by atoms with E-state index in [-0.39, 0.29) is 0 Å². The lowest BCUT2D eigenvalue weighted by molar-refractivity contribution is -0.0193. The first-order chi connectivity index (χ1) is 6.59. The molecule has 0 aromatic heterocycles. The molecule has 0 N–H and O–H groups in total. The lowest BCUT2D eigenvalue weighted by atomic mass is 9.89. The third-order valence-electron chi connectivity index (χ3n) is 3.82. The van der Waals surface area contributed by atoms with E-state index in [2.05, 4.69) is 38.0 Å². The Bertz CT molecular complexity index is 146. The monoisotopic (exact) mass is 198 g/mol. The first-order valence-corrected chi connectivity index (χ1v) is 5.94. The summed E-state index contributed by atoms with van der Waals surface area (Å²) in [5, 5.41) is 0. The van der Waals surface area contributed by atoms with E-state index in [1.807, 2.05) is 0 Å². The van der Waals surface area contributed by atoms with Gasteiger partial charge in [-0.15, -0.1) is 0 Å². The Balaban J connectivity index is 2.71. The molecule has 0 amide bonds. The van der Waals surface area contributed by atoms with Crippen molar-refractivity contribution in [2.75, 3.05) is 28.2 Å². The minimum Gasteiger partial charge on any atom is -0.291 e. The average Bonchev–Trinajstić information content (AvgIpc) is 2.02. The van der Waals surface area contributed by atoms with E-state index >= 15 is 0 Å². The molecule has 1 fully saturated rings. The third-order valence-corrected chi connectivity index (χ3v) is 3.82. The second-order valence-electron chi connectivity index (χ2n) is 5.04. The molecule has 0 aliphatic heterocycles. The van der Waals surface area contributed by atoms with Crippen LogP contribution in [0.5, 0.6) is 0 Å². The fourth-order valence-electron chi connectivity index (χ4n) is 2.77. The quantitative estimate of drug-likeness (QED) is 0.629. The number of hydrogen-bond donors (Lipinski definition) is 0. The highest BCUT2D eigenvalue weighted by atomic mass is 15.4. The molecule has 0 atom stereocenters. The van der Waals surface area contributed by atoms with Crippen molar-refractivity contribution in [1.82, 2.24) is 9.80 Å². The Morgan fingerprint density at radius 2 is 1.00 bits per heavy atom. The number of hydrogen-bond acceptors (Lipinski definition) is 2. The van der Waals surface area contributed by atoms with Gasteiger partial charge in [0.2, 0.25) is 0 Å². The van der Waals surface area contributed by atoms with Gasteiger partial charge in [-0.25, -0.2) is 0 Å². The molecule has 0 unspecified atom stereocenters. The Labute approximate surface area is 89.3 Å². The van der Waals surface area contributed by atoms with Gasteiger partial charge in [0.25, 0.3) is 0 Å². The number of nitrogens with zero attached hydrogens (tertiary/aromatic N) is 2. The van der Waals surface area contributed by atoms with E-state index in [9.17, 15) is 0 Å². The minimum absolute atomic E-state index is 0.320. The molecule has 14 heavy (non-hydrogen) atoms. The average molecular weight is 198 g/mol. The molecule has 0 spiro atoms. The normalized spacial score (nSPS) is 23.6. The van der Waals surface area contributed by atoms with Crippen LogP contribution >= 0.6 is 0 Å². The molecule has 2 nitrogen and oxygen atoms in total. The zero-order valence-corrected chi connectivity index (χ0v) is 10.3. The molecule has 0 bridgehead atoms. The minimum atomic E-state index is 0.320. The van der Waals surface area contributed by atoms with E-state index in [1.165, 1.54) is 44.9 Å². The van der Waals surface area contributed by atoms with Gasteiger partial charge in [0.05, 0.1) is 5.66 Å². The lowest BCUT2D eigenvalue weighted by Gasteiger charge is -2.46. The van der Waals surface area contributed by atoms with Gasteiger partial charge in [0.1, 0.15) is 0 Å². The van der Waals surface area contributed by atoms with E-state index in [4.69, 9.17) is 0 Å². The van der Waals surface area contributed by atoms with Crippen LogP contribution < -0.4 is 0 Å². The van der Waals surface area contributed by atoms with Crippen molar-refractivity contribution in [3.63, 3.8) is 0 Å². The molecule has 1 rings (SSSR count). The molecule has 2 heteroatoms. The molecule has 1 aliphatic carbocycles. The van der Waals surface area contributed by atoms with Crippen LogP contribution in [0.4, 0.5) is 0 Å². The van der Waals surface area contributed by atoms with Crippen molar-refractivity contribution in [2.45, 2.75) is 50.6 Å². The van der Waals surface area contributed by atoms with Crippen LogP contribution in [0.25, 0.3) is 0 Å². The lowest BCUT2D eigenvalue weighted by Crippen LogP contribution is -2.55. The van der Waals surface area contributed by atoms with E-state index < -0.39 is 0 Å².